The van der Waals surface area contributed by atoms with Crippen LogP contribution in [0.2, 0.25) is 0 Å². The van der Waals surface area contributed by atoms with Crippen LogP contribution in [0.15, 0.2) is 30.5 Å². The zero-order valence-electron chi connectivity index (χ0n) is 12.2. The summed E-state index contributed by atoms with van der Waals surface area (Å²) in [6.07, 6.45) is 1.44. The molecule has 2 aromatic rings. The van der Waals surface area contributed by atoms with Crippen molar-refractivity contribution in [3.63, 3.8) is 0 Å². The summed E-state index contributed by atoms with van der Waals surface area (Å²) < 4.78 is 13.8. The molecular weight excluding hydrogens is 319 g/mol. The fourth-order valence-corrected chi connectivity index (χ4v) is 3.83. The molecule has 0 radical (unpaired) electrons. The molecule has 1 unspecified atom stereocenters. The summed E-state index contributed by atoms with van der Waals surface area (Å²) in [4.78, 5) is 29.6. The number of fused-ring (bicyclic) bond motifs is 1. The van der Waals surface area contributed by atoms with Crippen LogP contribution in [0.4, 0.5) is 4.39 Å². The summed E-state index contributed by atoms with van der Waals surface area (Å²) in [6, 6.07) is 5.50. The summed E-state index contributed by atoms with van der Waals surface area (Å²) >= 11 is 1.62. The van der Waals surface area contributed by atoms with Gasteiger partial charge in [-0.2, -0.15) is 11.8 Å². The number of hydrogen-bond acceptors (Lipinski definition) is 4. The third-order valence-corrected chi connectivity index (χ3v) is 4.89. The average molecular weight is 334 g/mol. The maximum atomic E-state index is 13.8. The van der Waals surface area contributed by atoms with Gasteiger partial charge in [-0.25, -0.2) is 4.39 Å². The molecule has 3 rings (SSSR count). The van der Waals surface area contributed by atoms with Gasteiger partial charge in [0.15, 0.2) is 0 Å². The third kappa shape index (κ3) is 3.29. The summed E-state index contributed by atoms with van der Waals surface area (Å²) in [5.41, 5.74) is 0.620. The minimum Gasteiger partial charge on any atom is -0.481 e. The van der Waals surface area contributed by atoms with Gasteiger partial charge in [0.1, 0.15) is 5.82 Å². The Morgan fingerprint density at radius 3 is 3.04 bits per heavy atom. The van der Waals surface area contributed by atoms with Crippen LogP contribution in [0, 0.1) is 5.82 Å². The minimum atomic E-state index is -0.947. The van der Waals surface area contributed by atoms with E-state index in [1.54, 1.807) is 30.1 Å². The van der Waals surface area contributed by atoms with E-state index in [2.05, 4.69) is 4.98 Å². The van der Waals surface area contributed by atoms with Gasteiger partial charge in [-0.05, 0) is 18.2 Å². The molecular formula is C16H15FN2O3S. The van der Waals surface area contributed by atoms with Crippen LogP contribution in [0.1, 0.15) is 16.8 Å². The van der Waals surface area contributed by atoms with Gasteiger partial charge in [0, 0.05) is 29.6 Å². The lowest BCUT2D eigenvalue weighted by Gasteiger charge is -2.34. The van der Waals surface area contributed by atoms with Crippen molar-refractivity contribution in [2.45, 2.75) is 12.5 Å². The normalized spacial score (nSPS) is 18.1. The molecule has 0 spiro atoms. The zero-order chi connectivity index (χ0) is 16.4. The number of benzene rings is 1. The van der Waals surface area contributed by atoms with E-state index in [4.69, 9.17) is 5.11 Å². The van der Waals surface area contributed by atoms with Crippen LogP contribution in [0.5, 0.6) is 0 Å². The topological polar surface area (TPSA) is 70.5 Å². The maximum absolute atomic E-state index is 13.8. The summed E-state index contributed by atoms with van der Waals surface area (Å²) in [6.45, 7) is 0.451. The Balaban J connectivity index is 2.00. The van der Waals surface area contributed by atoms with Crippen LogP contribution in [-0.4, -0.2) is 51.0 Å². The van der Waals surface area contributed by atoms with E-state index < -0.39 is 11.8 Å². The number of carboxylic acids is 1. The van der Waals surface area contributed by atoms with Crippen molar-refractivity contribution < 1.29 is 19.1 Å². The van der Waals surface area contributed by atoms with Crippen molar-refractivity contribution in [3.05, 3.63) is 41.8 Å². The van der Waals surface area contributed by atoms with Gasteiger partial charge in [0.2, 0.25) is 0 Å². The highest BCUT2D eigenvalue weighted by molar-refractivity contribution is 7.99. The minimum absolute atomic E-state index is 0.112. The fourth-order valence-electron chi connectivity index (χ4n) is 2.77. The second kappa shape index (κ2) is 6.54. The second-order valence-electron chi connectivity index (χ2n) is 5.35. The largest absolute Gasteiger partial charge is 0.481 e. The van der Waals surface area contributed by atoms with Gasteiger partial charge in [0.05, 0.1) is 23.5 Å². The molecule has 1 fully saturated rings. The van der Waals surface area contributed by atoms with E-state index in [1.807, 2.05) is 0 Å². The van der Waals surface area contributed by atoms with Crippen molar-refractivity contribution in [2.24, 2.45) is 0 Å². The number of pyridine rings is 1. The van der Waals surface area contributed by atoms with Crippen molar-refractivity contribution >= 4 is 34.5 Å². The molecule has 120 valence electrons. The van der Waals surface area contributed by atoms with Crippen LogP contribution < -0.4 is 0 Å². The predicted octanol–water partition coefficient (Wildman–Crippen LogP) is 2.41. The Kier molecular flexibility index (Phi) is 4.47. The first-order valence-electron chi connectivity index (χ1n) is 7.21. The van der Waals surface area contributed by atoms with E-state index >= 15 is 0 Å². The molecule has 2 heterocycles. The van der Waals surface area contributed by atoms with E-state index in [0.29, 0.717) is 23.2 Å². The average Bonchev–Trinajstić information content (AvgIpc) is 2.53. The van der Waals surface area contributed by atoms with E-state index in [0.717, 1.165) is 5.75 Å². The van der Waals surface area contributed by atoms with Gasteiger partial charge in [0.25, 0.3) is 5.91 Å². The first-order chi connectivity index (χ1) is 11.1. The number of halogens is 1. The molecule has 0 saturated carbocycles. The molecule has 5 nitrogen and oxygen atoms in total. The lowest BCUT2D eigenvalue weighted by Crippen LogP contribution is -2.47. The molecule has 1 aromatic heterocycles. The second-order valence-corrected chi connectivity index (χ2v) is 6.50. The first kappa shape index (κ1) is 15.7. The SMILES string of the molecule is O=C(O)CC1CSCCN1C(=O)c1cc(F)cc2cccnc12. The molecule has 1 atom stereocenters. The predicted molar refractivity (Wildman–Crippen MR) is 86.1 cm³/mol. The van der Waals surface area contributed by atoms with E-state index in [-0.39, 0.29) is 23.9 Å². The number of hydrogen-bond donors (Lipinski definition) is 1. The van der Waals surface area contributed by atoms with Gasteiger partial charge < -0.3 is 10.0 Å². The molecule has 0 bridgehead atoms. The van der Waals surface area contributed by atoms with Gasteiger partial charge in [-0.3, -0.25) is 14.6 Å². The fraction of sp³-hybridized carbons (Fsp3) is 0.312. The lowest BCUT2D eigenvalue weighted by molar-refractivity contribution is -0.138. The smallest absolute Gasteiger partial charge is 0.305 e. The molecule has 0 aliphatic carbocycles. The monoisotopic (exact) mass is 334 g/mol. The molecule has 1 saturated heterocycles. The quantitative estimate of drug-likeness (QED) is 0.933. The van der Waals surface area contributed by atoms with Crippen LogP contribution in [-0.2, 0) is 4.79 Å². The Labute approximate surface area is 136 Å². The number of amides is 1. The molecule has 1 aliphatic rings. The zero-order valence-corrected chi connectivity index (χ0v) is 13.1. The number of carbonyl (C=O) groups is 2. The molecule has 7 heteroatoms. The number of thioether (sulfide) groups is 1. The van der Waals surface area contributed by atoms with Crippen LogP contribution >= 0.6 is 11.8 Å². The summed E-state index contributed by atoms with van der Waals surface area (Å²) in [7, 11) is 0. The first-order valence-corrected chi connectivity index (χ1v) is 8.36. The number of aromatic nitrogens is 1. The number of carboxylic acid groups (broad SMARTS) is 1. The number of nitrogens with zero attached hydrogens (tertiary/aromatic N) is 2. The van der Waals surface area contributed by atoms with Crippen molar-refractivity contribution in [1.82, 2.24) is 9.88 Å². The van der Waals surface area contributed by atoms with E-state index in [9.17, 15) is 14.0 Å². The van der Waals surface area contributed by atoms with Crippen LogP contribution in [0.3, 0.4) is 0 Å². The Morgan fingerprint density at radius 2 is 2.26 bits per heavy atom. The van der Waals surface area contributed by atoms with Gasteiger partial charge >= 0.3 is 5.97 Å². The Bertz CT molecular complexity index is 768. The highest BCUT2D eigenvalue weighted by atomic mass is 32.2. The number of aliphatic carboxylic acids is 1. The number of carbonyl (C=O) groups excluding carboxylic acids is 1. The van der Waals surface area contributed by atoms with Gasteiger partial charge in [-0.15, -0.1) is 0 Å². The van der Waals surface area contributed by atoms with Gasteiger partial charge in [-0.1, -0.05) is 6.07 Å². The Hall–Kier alpha value is -2.15. The van der Waals surface area contributed by atoms with Crippen molar-refractivity contribution in [1.29, 1.82) is 0 Å². The summed E-state index contributed by atoms with van der Waals surface area (Å²) in [5.74, 6) is -0.506. The van der Waals surface area contributed by atoms with Crippen molar-refractivity contribution in [2.75, 3.05) is 18.1 Å². The lowest BCUT2D eigenvalue weighted by atomic mass is 10.1. The molecule has 1 aromatic carbocycles. The standard InChI is InChI=1S/C16H15FN2O3S/c17-11-6-10-2-1-3-18-15(10)13(7-11)16(22)19-4-5-23-9-12(19)8-14(20)21/h1-3,6-7,12H,4-5,8-9H2,(H,20,21). The molecule has 23 heavy (non-hydrogen) atoms. The van der Waals surface area contributed by atoms with Crippen LogP contribution in [0.25, 0.3) is 10.9 Å². The highest BCUT2D eigenvalue weighted by Crippen LogP contribution is 2.25. The Morgan fingerprint density at radius 1 is 1.43 bits per heavy atom. The third-order valence-electron chi connectivity index (χ3n) is 3.80. The molecule has 1 aliphatic heterocycles. The molecule has 1 amide bonds. The maximum Gasteiger partial charge on any atom is 0.305 e. The highest BCUT2D eigenvalue weighted by Gasteiger charge is 2.30. The molecule has 1 N–H and O–H groups in total. The number of rotatable bonds is 3. The van der Waals surface area contributed by atoms with E-state index in [1.165, 1.54) is 17.0 Å². The van der Waals surface area contributed by atoms with Crippen molar-refractivity contribution in [3.8, 4) is 0 Å². The summed E-state index contributed by atoms with van der Waals surface area (Å²) in [5, 5.41) is 9.58.